The summed E-state index contributed by atoms with van der Waals surface area (Å²) < 4.78 is 5.41. The van der Waals surface area contributed by atoms with E-state index in [0.29, 0.717) is 19.4 Å². The number of hydrogen-bond acceptors (Lipinski definition) is 3. The molecule has 0 amide bonds. The lowest BCUT2D eigenvalue weighted by Crippen LogP contribution is -2.43. The van der Waals surface area contributed by atoms with Crippen LogP contribution in [0.2, 0.25) is 0 Å². The smallest absolute Gasteiger partial charge is 0.336 e. The Bertz CT molecular complexity index is 372. The highest BCUT2D eigenvalue weighted by Crippen LogP contribution is 2.23. The molecular formula is C13H18O4. The first kappa shape index (κ1) is 13.5. The van der Waals surface area contributed by atoms with E-state index in [-0.39, 0.29) is 5.75 Å². The van der Waals surface area contributed by atoms with Gasteiger partial charge in [0.2, 0.25) is 0 Å². The second-order valence-electron chi connectivity index (χ2n) is 3.93. The Kier molecular flexibility index (Phi) is 4.52. The number of carbonyl (C=O) groups is 1. The normalized spacial score (nSPS) is 14.2. The number of hydrogen-bond donors (Lipinski definition) is 2. The fourth-order valence-corrected chi connectivity index (χ4v) is 1.79. The zero-order chi connectivity index (χ0) is 12.9. The van der Waals surface area contributed by atoms with Crippen molar-refractivity contribution in [2.45, 2.75) is 32.3 Å². The molecule has 4 heteroatoms. The van der Waals surface area contributed by atoms with Gasteiger partial charge in [-0.1, -0.05) is 19.1 Å². The van der Waals surface area contributed by atoms with Crippen molar-refractivity contribution in [2.75, 3.05) is 6.61 Å². The molecule has 0 saturated heterocycles. The number of ether oxygens (including phenoxy) is 1. The molecule has 0 heterocycles. The Morgan fingerprint density at radius 2 is 1.88 bits per heavy atom. The summed E-state index contributed by atoms with van der Waals surface area (Å²) in [4.78, 5) is 11.3. The second-order valence-corrected chi connectivity index (χ2v) is 3.93. The lowest BCUT2D eigenvalue weighted by molar-refractivity contribution is -0.166. The fraction of sp³-hybridized carbons (Fsp3) is 0.462. The van der Waals surface area contributed by atoms with Crippen LogP contribution in [0.15, 0.2) is 24.3 Å². The predicted octanol–water partition coefficient (Wildman–Crippen LogP) is 2.20. The van der Waals surface area contributed by atoms with Crippen molar-refractivity contribution in [1.82, 2.24) is 0 Å². The summed E-state index contributed by atoms with van der Waals surface area (Å²) in [6.45, 7) is 3.94. The van der Waals surface area contributed by atoms with Crippen LogP contribution in [0.4, 0.5) is 0 Å². The van der Waals surface area contributed by atoms with Gasteiger partial charge in [-0.15, -0.1) is 0 Å². The Labute approximate surface area is 101 Å². The molecule has 4 nitrogen and oxygen atoms in total. The third kappa shape index (κ3) is 3.20. The number of aromatic hydroxyl groups is 1. The highest BCUT2D eigenvalue weighted by atomic mass is 16.5. The molecule has 1 rings (SSSR count). The summed E-state index contributed by atoms with van der Waals surface area (Å²) >= 11 is 0. The fourth-order valence-electron chi connectivity index (χ4n) is 1.79. The SMILES string of the molecule is CCO[C@@](CC)(Cc1ccc(O)cc1)C(=O)O. The maximum absolute atomic E-state index is 11.3. The molecule has 94 valence electrons. The molecule has 0 unspecified atom stereocenters. The summed E-state index contributed by atoms with van der Waals surface area (Å²) in [6.07, 6.45) is 0.698. The van der Waals surface area contributed by atoms with Gasteiger partial charge in [-0.25, -0.2) is 4.79 Å². The molecule has 0 saturated carbocycles. The molecule has 0 spiro atoms. The minimum atomic E-state index is -1.17. The van der Waals surface area contributed by atoms with E-state index in [4.69, 9.17) is 4.74 Å². The van der Waals surface area contributed by atoms with Crippen molar-refractivity contribution >= 4 is 5.97 Å². The predicted molar refractivity (Wildman–Crippen MR) is 64.1 cm³/mol. The molecule has 0 aliphatic carbocycles. The van der Waals surface area contributed by atoms with E-state index in [1.165, 1.54) is 0 Å². The van der Waals surface area contributed by atoms with Crippen LogP contribution in [0, 0.1) is 0 Å². The van der Waals surface area contributed by atoms with Gasteiger partial charge in [0.05, 0.1) is 0 Å². The lowest BCUT2D eigenvalue weighted by Gasteiger charge is -2.28. The molecular weight excluding hydrogens is 220 g/mol. The Morgan fingerprint density at radius 1 is 1.29 bits per heavy atom. The van der Waals surface area contributed by atoms with Crippen molar-refractivity contribution in [3.63, 3.8) is 0 Å². The minimum Gasteiger partial charge on any atom is -0.508 e. The molecule has 1 aromatic carbocycles. The van der Waals surface area contributed by atoms with Crippen LogP contribution in [0.5, 0.6) is 5.75 Å². The Hall–Kier alpha value is -1.55. The van der Waals surface area contributed by atoms with Gasteiger partial charge in [-0.05, 0) is 31.0 Å². The number of carboxylic acids is 1. The highest BCUT2D eigenvalue weighted by Gasteiger charge is 2.37. The van der Waals surface area contributed by atoms with Gasteiger partial charge >= 0.3 is 5.97 Å². The monoisotopic (exact) mass is 238 g/mol. The molecule has 2 N–H and O–H groups in total. The van der Waals surface area contributed by atoms with E-state index in [0.717, 1.165) is 5.56 Å². The zero-order valence-electron chi connectivity index (χ0n) is 10.1. The van der Waals surface area contributed by atoms with Gasteiger partial charge in [0.1, 0.15) is 5.75 Å². The van der Waals surface area contributed by atoms with E-state index in [9.17, 15) is 15.0 Å². The second kappa shape index (κ2) is 5.68. The van der Waals surface area contributed by atoms with Crippen molar-refractivity contribution in [2.24, 2.45) is 0 Å². The molecule has 17 heavy (non-hydrogen) atoms. The molecule has 1 aromatic rings. The van der Waals surface area contributed by atoms with Crippen LogP contribution in [0.3, 0.4) is 0 Å². The van der Waals surface area contributed by atoms with Crippen molar-refractivity contribution < 1.29 is 19.7 Å². The van der Waals surface area contributed by atoms with Crippen LogP contribution in [0.1, 0.15) is 25.8 Å². The van der Waals surface area contributed by atoms with E-state index in [2.05, 4.69) is 0 Å². The Balaban J connectivity index is 2.92. The molecule has 0 fully saturated rings. The summed E-state index contributed by atoms with van der Waals surface area (Å²) in [7, 11) is 0. The average molecular weight is 238 g/mol. The number of aliphatic carboxylic acids is 1. The third-order valence-corrected chi connectivity index (χ3v) is 2.81. The van der Waals surface area contributed by atoms with Crippen molar-refractivity contribution in [3.05, 3.63) is 29.8 Å². The van der Waals surface area contributed by atoms with Gasteiger partial charge < -0.3 is 14.9 Å². The van der Waals surface area contributed by atoms with Crippen LogP contribution in [-0.2, 0) is 16.0 Å². The number of phenolic OH excluding ortho intramolecular Hbond substituents is 1. The van der Waals surface area contributed by atoms with E-state index in [1.54, 1.807) is 38.1 Å². The molecule has 0 aliphatic heterocycles. The summed E-state index contributed by atoms with van der Waals surface area (Å²) in [6, 6.07) is 6.51. The number of phenols is 1. The van der Waals surface area contributed by atoms with Crippen LogP contribution in [-0.4, -0.2) is 28.4 Å². The minimum absolute atomic E-state index is 0.169. The number of carboxylic acid groups (broad SMARTS) is 1. The quantitative estimate of drug-likeness (QED) is 0.797. The van der Waals surface area contributed by atoms with Crippen LogP contribution in [0.25, 0.3) is 0 Å². The van der Waals surface area contributed by atoms with Crippen molar-refractivity contribution in [3.8, 4) is 5.75 Å². The average Bonchev–Trinajstić information content (AvgIpc) is 2.31. The van der Waals surface area contributed by atoms with Gasteiger partial charge in [0.25, 0.3) is 0 Å². The van der Waals surface area contributed by atoms with Crippen LogP contribution >= 0.6 is 0 Å². The van der Waals surface area contributed by atoms with Gasteiger partial charge in [0, 0.05) is 13.0 Å². The van der Waals surface area contributed by atoms with E-state index >= 15 is 0 Å². The molecule has 0 bridgehead atoms. The summed E-state index contributed by atoms with van der Waals surface area (Å²) in [5, 5.41) is 18.5. The summed E-state index contributed by atoms with van der Waals surface area (Å²) in [5.41, 5.74) is -0.341. The van der Waals surface area contributed by atoms with Crippen LogP contribution < -0.4 is 0 Å². The maximum Gasteiger partial charge on any atom is 0.336 e. The van der Waals surface area contributed by atoms with E-state index in [1.807, 2.05) is 0 Å². The van der Waals surface area contributed by atoms with Gasteiger partial charge in [-0.2, -0.15) is 0 Å². The molecule has 0 aromatic heterocycles. The first-order chi connectivity index (χ1) is 8.04. The van der Waals surface area contributed by atoms with Gasteiger partial charge in [0.15, 0.2) is 5.60 Å². The Morgan fingerprint density at radius 3 is 2.29 bits per heavy atom. The zero-order valence-corrected chi connectivity index (χ0v) is 10.1. The number of rotatable bonds is 6. The van der Waals surface area contributed by atoms with Crippen molar-refractivity contribution in [1.29, 1.82) is 0 Å². The first-order valence-corrected chi connectivity index (χ1v) is 5.69. The molecule has 1 atom stereocenters. The highest BCUT2D eigenvalue weighted by molar-refractivity contribution is 5.78. The van der Waals surface area contributed by atoms with E-state index < -0.39 is 11.6 Å². The first-order valence-electron chi connectivity index (χ1n) is 5.69. The maximum atomic E-state index is 11.3. The summed E-state index contributed by atoms with van der Waals surface area (Å²) in [5.74, 6) is -0.780. The topological polar surface area (TPSA) is 66.8 Å². The molecule has 0 radical (unpaired) electrons. The largest absolute Gasteiger partial charge is 0.508 e. The lowest BCUT2D eigenvalue weighted by atomic mass is 9.91. The number of benzene rings is 1. The third-order valence-electron chi connectivity index (χ3n) is 2.81. The molecule has 0 aliphatic rings. The van der Waals surface area contributed by atoms with Gasteiger partial charge in [-0.3, -0.25) is 0 Å². The standard InChI is InChI=1S/C13H18O4/c1-3-13(12(15)16,17-4-2)9-10-5-7-11(14)8-6-10/h5-8,14H,3-4,9H2,1-2H3,(H,15,16)/t13-/m0/s1.